The number of sulfone groups is 1. The van der Waals surface area contributed by atoms with Crippen LogP contribution in [-0.2, 0) is 34.0 Å². The zero-order valence-corrected chi connectivity index (χ0v) is 29.6. The minimum atomic E-state index is -3.94. The van der Waals surface area contributed by atoms with Gasteiger partial charge in [0.2, 0.25) is 5.91 Å². The molecule has 2 amide bonds. The van der Waals surface area contributed by atoms with Gasteiger partial charge in [0.15, 0.2) is 9.84 Å². The maximum Gasteiger partial charge on any atom is 0.253 e. The molecule has 9 nitrogen and oxygen atoms in total. The average molecular weight is 727 g/mol. The summed E-state index contributed by atoms with van der Waals surface area (Å²) in [5, 5.41) is 18.6. The highest BCUT2D eigenvalue weighted by molar-refractivity contribution is 7.92. The number of hydrogen-bond acceptors (Lipinski definition) is 7. The van der Waals surface area contributed by atoms with Crippen molar-refractivity contribution in [2.75, 3.05) is 12.3 Å². The van der Waals surface area contributed by atoms with E-state index in [-0.39, 0.29) is 36.5 Å². The van der Waals surface area contributed by atoms with Gasteiger partial charge in [0.25, 0.3) is 5.91 Å². The van der Waals surface area contributed by atoms with Gasteiger partial charge in [0.1, 0.15) is 23.5 Å². The molecule has 0 saturated heterocycles. The first-order chi connectivity index (χ1) is 22.8. The molecule has 4 N–H and O–H groups in total. The number of nitrogens with zero attached hydrogens (tertiary/aromatic N) is 1. The predicted molar refractivity (Wildman–Crippen MR) is 186 cm³/mol. The number of carbonyl (C=O) groups excluding carboxylic acids is 2. The highest BCUT2D eigenvalue weighted by Crippen LogP contribution is 2.18. The number of aliphatic hydroxyl groups excluding tert-OH is 1. The minimum absolute atomic E-state index is 0. The molecule has 0 aliphatic rings. The van der Waals surface area contributed by atoms with Crippen molar-refractivity contribution in [2.45, 2.75) is 89.3 Å². The monoisotopic (exact) mass is 726 g/mol. The van der Waals surface area contributed by atoms with Crippen molar-refractivity contribution < 1.29 is 36.3 Å². The normalized spacial score (nSPS) is 13.3. The fourth-order valence-corrected chi connectivity index (χ4v) is 7.65. The zero-order valence-electron chi connectivity index (χ0n) is 27.9. The summed E-state index contributed by atoms with van der Waals surface area (Å²) < 4.78 is 69.1. The summed E-state index contributed by atoms with van der Waals surface area (Å²) in [7, 11) is -3.94. The number of amides is 2. The Bertz CT molecular complexity index is 1610. The van der Waals surface area contributed by atoms with Crippen LogP contribution in [0.4, 0.5) is 13.2 Å². The van der Waals surface area contributed by atoms with Gasteiger partial charge in [0, 0.05) is 25.4 Å². The van der Waals surface area contributed by atoms with Gasteiger partial charge in [-0.05, 0) is 60.6 Å². The van der Waals surface area contributed by atoms with Gasteiger partial charge in [0.05, 0.1) is 34.9 Å². The molecular formula is C35H46ClF3N4O5S. The van der Waals surface area contributed by atoms with Gasteiger partial charge in [-0.15, -0.1) is 12.4 Å². The third-order valence-corrected chi connectivity index (χ3v) is 10.3. The lowest BCUT2D eigenvalue weighted by molar-refractivity contribution is -0.124. The second kappa shape index (κ2) is 20.2. The molecule has 3 rings (SSSR count). The molecule has 3 aromatic rings. The predicted octanol–water partition coefficient (Wildman–Crippen LogP) is 4.84. The molecule has 270 valence electrons. The summed E-state index contributed by atoms with van der Waals surface area (Å²) in [4.78, 5) is 30.6. The van der Waals surface area contributed by atoms with Crippen LogP contribution in [0.2, 0.25) is 0 Å². The molecule has 0 saturated carbocycles. The average Bonchev–Trinajstić information content (AvgIpc) is 3.03. The largest absolute Gasteiger partial charge is 0.390 e. The second-order valence-electron chi connectivity index (χ2n) is 11.9. The molecular weight excluding hydrogens is 681 g/mol. The molecule has 1 aromatic heterocycles. The minimum Gasteiger partial charge on any atom is -0.390 e. The van der Waals surface area contributed by atoms with E-state index in [2.05, 4.69) is 20.9 Å². The van der Waals surface area contributed by atoms with E-state index in [0.29, 0.717) is 38.3 Å². The summed E-state index contributed by atoms with van der Waals surface area (Å²) in [5.74, 6) is -5.14. The number of carbonyl (C=O) groups is 2. The Kier molecular flexibility index (Phi) is 17.2. The van der Waals surface area contributed by atoms with E-state index in [9.17, 15) is 36.3 Å². The summed E-state index contributed by atoms with van der Waals surface area (Å²) in [6, 6.07) is 8.77. The number of pyridine rings is 1. The van der Waals surface area contributed by atoms with E-state index in [1.54, 1.807) is 0 Å². The van der Waals surface area contributed by atoms with Crippen LogP contribution in [0.15, 0.2) is 60.9 Å². The van der Waals surface area contributed by atoms with Crippen LogP contribution in [-0.4, -0.2) is 66.1 Å². The van der Waals surface area contributed by atoms with E-state index >= 15 is 0 Å². The Hall–Kier alpha value is -3.52. The van der Waals surface area contributed by atoms with E-state index in [4.69, 9.17) is 0 Å². The number of benzene rings is 2. The standard InChI is InChI=1S/C35H45F3N4O5S.ClH/c1-4-8-30(9-5-2)48(46,47)22-32(42-34(44)26-16-29(38)20-40-19-26)35(45)41-31(15-25-13-27(36)17-28(37)14-25)33(43)21-39-18-24-11-7-10-23(6-3)12-24;/h7,10-14,16-17,19-20,30-33,39,43H,4-6,8-9,15,18,21-22H2,1-3H3,(H,41,45)(H,42,44);1H/t31-,32+,33+;/m0./s1. The van der Waals surface area contributed by atoms with Gasteiger partial charge >= 0.3 is 0 Å². The van der Waals surface area contributed by atoms with Crippen LogP contribution < -0.4 is 16.0 Å². The first kappa shape index (κ1) is 41.7. The lowest BCUT2D eigenvalue weighted by Gasteiger charge is -2.28. The third-order valence-electron chi connectivity index (χ3n) is 7.97. The maximum absolute atomic E-state index is 14.1. The number of aryl methyl sites for hydroxylation is 1. The Morgan fingerprint density at radius 2 is 1.51 bits per heavy atom. The molecule has 3 atom stereocenters. The summed E-state index contributed by atoms with van der Waals surface area (Å²) >= 11 is 0. The highest BCUT2D eigenvalue weighted by Gasteiger charge is 2.34. The summed E-state index contributed by atoms with van der Waals surface area (Å²) in [5.41, 5.74) is 2.00. The molecule has 0 radical (unpaired) electrons. The maximum atomic E-state index is 14.1. The SMILES string of the molecule is CCCC(CCC)S(=O)(=O)C[C@@H](NC(=O)c1cncc(F)c1)C(=O)N[C@@H](Cc1cc(F)cc(F)c1)[C@H](O)CNCc1cccc(CC)c1.Cl. The number of nitrogens with one attached hydrogen (secondary N) is 3. The van der Waals surface area contributed by atoms with Crippen LogP contribution in [0.25, 0.3) is 0 Å². The second-order valence-corrected chi connectivity index (χ2v) is 14.2. The molecule has 14 heteroatoms. The number of aliphatic hydroxyl groups is 1. The number of aromatic nitrogens is 1. The van der Waals surface area contributed by atoms with Gasteiger partial charge in [-0.1, -0.05) is 57.9 Å². The summed E-state index contributed by atoms with van der Waals surface area (Å²) in [6.07, 6.45) is 3.15. The molecule has 0 fully saturated rings. The molecule has 0 bridgehead atoms. The first-order valence-corrected chi connectivity index (χ1v) is 17.9. The van der Waals surface area contributed by atoms with E-state index in [1.807, 2.05) is 45.0 Å². The quantitative estimate of drug-likeness (QED) is 0.139. The Morgan fingerprint density at radius 1 is 0.857 bits per heavy atom. The molecule has 0 spiro atoms. The van der Waals surface area contributed by atoms with Crippen molar-refractivity contribution in [1.82, 2.24) is 20.9 Å². The molecule has 2 aromatic carbocycles. The topological polar surface area (TPSA) is 137 Å². The Labute approximate surface area is 292 Å². The van der Waals surface area contributed by atoms with Crippen molar-refractivity contribution in [3.05, 3.63) is 101 Å². The van der Waals surface area contributed by atoms with Crippen molar-refractivity contribution >= 4 is 34.1 Å². The van der Waals surface area contributed by atoms with Crippen LogP contribution in [0, 0.1) is 17.5 Å². The van der Waals surface area contributed by atoms with Crippen LogP contribution in [0.1, 0.15) is 73.5 Å². The lowest BCUT2D eigenvalue weighted by Crippen LogP contribution is -2.57. The molecule has 0 unspecified atom stereocenters. The Balaban J connectivity index is 0.00000833. The van der Waals surface area contributed by atoms with Gasteiger partial charge in [-0.25, -0.2) is 21.6 Å². The van der Waals surface area contributed by atoms with Crippen LogP contribution >= 0.6 is 12.4 Å². The zero-order chi connectivity index (χ0) is 35.3. The van der Waals surface area contributed by atoms with Gasteiger partial charge in [-0.2, -0.15) is 0 Å². The van der Waals surface area contributed by atoms with Crippen molar-refractivity contribution in [1.29, 1.82) is 0 Å². The highest BCUT2D eigenvalue weighted by atomic mass is 35.5. The number of halogens is 4. The van der Waals surface area contributed by atoms with Gasteiger partial charge < -0.3 is 21.1 Å². The smallest absolute Gasteiger partial charge is 0.253 e. The first-order valence-electron chi connectivity index (χ1n) is 16.2. The molecule has 49 heavy (non-hydrogen) atoms. The van der Waals surface area contributed by atoms with E-state index in [0.717, 1.165) is 48.1 Å². The fourth-order valence-electron chi connectivity index (χ4n) is 5.49. The van der Waals surface area contributed by atoms with Crippen LogP contribution in [0.3, 0.4) is 0 Å². The molecule has 0 aliphatic heterocycles. The number of hydrogen-bond donors (Lipinski definition) is 4. The van der Waals surface area contributed by atoms with Crippen molar-refractivity contribution in [3.8, 4) is 0 Å². The van der Waals surface area contributed by atoms with Crippen molar-refractivity contribution in [3.63, 3.8) is 0 Å². The van der Waals surface area contributed by atoms with E-state index in [1.165, 1.54) is 0 Å². The van der Waals surface area contributed by atoms with Crippen LogP contribution in [0.5, 0.6) is 0 Å². The Morgan fingerprint density at radius 3 is 2.12 bits per heavy atom. The third kappa shape index (κ3) is 13.4. The lowest BCUT2D eigenvalue weighted by atomic mass is 10.00. The molecule has 1 heterocycles. The van der Waals surface area contributed by atoms with Crippen molar-refractivity contribution in [2.24, 2.45) is 0 Å². The summed E-state index contributed by atoms with van der Waals surface area (Å²) in [6.45, 7) is 6.06. The fraction of sp³-hybridized carbons (Fsp3) is 0.457. The number of rotatable bonds is 19. The van der Waals surface area contributed by atoms with Gasteiger partial charge in [-0.3, -0.25) is 14.6 Å². The van der Waals surface area contributed by atoms with E-state index < -0.39 is 68.3 Å². The molecule has 0 aliphatic carbocycles.